The zero-order valence-electron chi connectivity index (χ0n) is 16.0. The Bertz CT molecular complexity index is 552. The minimum absolute atomic E-state index is 0.0487. The fourth-order valence-electron chi connectivity index (χ4n) is 3.74. The van der Waals surface area contributed by atoms with Crippen LogP contribution in [0.25, 0.3) is 0 Å². The topological polar surface area (TPSA) is 50.8 Å². The molecule has 0 aromatic heterocycles. The number of piperidine rings is 1. The van der Waals surface area contributed by atoms with Gasteiger partial charge in [-0.2, -0.15) is 0 Å². The van der Waals surface area contributed by atoms with E-state index in [9.17, 15) is 4.79 Å². The number of nitrogens with one attached hydrogen (secondary N) is 1. The van der Waals surface area contributed by atoms with Crippen molar-refractivity contribution in [2.24, 2.45) is 11.8 Å². The quantitative estimate of drug-likeness (QED) is 0.734. The molecular weight excluding hydrogens is 316 g/mol. The van der Waals surface area contributed by atoms with Crippen LogP contribution in [0.2, 0.25) is 0 Å². The van der Waals surface area contributed by atoms with Crippen molar-refractivity contribution in [2.75, 3.05) is 40.4 Å². The highest BCUT2D eigenvalue weighted by atomic mass is 16.5. The summed E-state index contributed by atoms with van der Waals surface area (Å²) in [6, 6.07) is 5.59. The van der Waals surface area contributed by atoms with Gasteiger partial charge < -0.3 is 19.7 Å². The number of carbonyl (C=O) groups excluding carboxylic acids is 1. The fourth-order valence-corrected chi connectivity index (χ4v) is 3.74. The van der Waals surface area contributed by atoms with Crippen LogP contribution in [-0.2, 0) is 11.2 Å². The summed E-state index contributed by atoms with van der Waals surface area (Å²) in [7, 11) is 3.21. The summed E-state index contributed by atoms with van der Waals surface area (Å²) in [5.41, 5.74) is 0.925. The van der Waals surface area contributed by atoms with Crippen LogP contribution < -0.4 is 14.8 Å². The Kier molecular flexibility index (Phi) is 7.56. The standard InChI is InChI=1S/C20H32N2O3/c1-15-10-16(2)14-22(13-15)9-5-8-21-20(23)12-17-6-7-18(24-3)19(11-17)25-4/h6-7,11,15-16H,5,8-10,12-14H2,1-4H3,(H,21,23)/t15-,16-/m0/s1. The largest absolute Gasteiger partial charge is 0.493 e. The van der Waals surface area contributed by atoms with Crippen LogP contribution in [0.4, 0.5) is 0 Å². The molecule has 1 N–H and O–H groups in total. The van der Waals surface area contributed by atoms with Gasteiger partial charge >= 0.3 is 0 Å². The number of likely N-dealkylation sites (tertiary alicyclic amines) is 1. The number of ether oxygens (including phenoxy) is 2. The zero-order chi connectivity index (χ0) is 18.2. The Morgan fingerprint density at radius 3 is 2.48 bits per heavy atom. The smallest absolute Gasteiger partial charge is 0.224 e. The number of amides is 1. The molecule has 1 aliphatic rings. The second-order valence-corrected chi connectivity index (χ2v) is 7.28. The van der Waals surface area contributed by atoms with Gasteiger partial charge in [0, 0.05) is 19.6 Å². The molecule has 5 heteroatoms. The van der Waals surface area contributed by atoms with Gasteiger partial charge in [-0.05, 0) is 48.9 Å². The summed E-state index contributed by atoms with van der Waals surface area (Å²) in [6.45, 7) is 8.81. The summed E-state index contributed by atoms with van der Waals surface area (Å²) in [4.78, 5) is 14.7. The van der Waals surface area contributed by atoms with E-state index in [4.69, 9.17) is 9.47 Å². The molecule has 1 amide bonds. The predicted octanol–water partition coefficient (Wildman–Crippen LogP) is 2.73. The lowest BCUT2D eigenvalue weighted by Crippen LogP contribution is -2.40. The molecule has 5 nitrogen and oxygen atoms in total. The van der Waals surface area contributed by atoms with Crippen molar-refractivity contribution in [2.45, 2.75) is 33.1 Å². The predicted molar refractivity (Wildman–Crippen MR) is 100 cm³/mol. The number of hydrogen-bond acceptors (Lipinski definition) is 4. The maximum absolute atomic E-state index is 12.1. The van der Waals surface area contributed by atoms with Crippen molar-refractivity contribution in [3.8, 4) is 11.5 Å². The summed E-state index contributed by atoms with van der Waals surface area (Å²) < 4.78 is 10.5. The summed E-state index contributed by atoms with van der Waals surface area (Å²) in [5, 5.41) is 3.02. The monoisotopic (exact) mass is 348 g/mol. The normalized spacial score (nSPS) is 21.0. The van der Waals surface area contributed by atoms with Gasteiger partial charge in [0.2, 0.25) is 5.91 Å². The van der Waals surface area contributed by atoms with Crippen LogP contribution in [0.15, 0.2) is 18.2 Å². The van der Waals surface area contributed by atoms with Crippen LogP contribution in [0.3, 0.4) is 0 Å². The van der Waals surface area contributed by atoms with Crippen molar-refractivity contribution < 1.29 is 14.3 Å². The Balaban J connectivity index is 1.70. The number of carbonyl (C=O) groups is 1. The van der Waals surface area contributed by atoms with E-state index < -0.39 is 0 Å². The first kappa shape index (κ1) is 19.6. The molecule has 1 aliphatic heterocycles. The van der Waals surface area contributed by atoms with E-state index in [1.165, 1.54) is 19.5 Å². The van der Waals surface area contributed by atoms with E-state index in [1.807, 2.05) is 18.2 Å². The highest BCUT2D eigenvalue weighted by Crippen LogP contribution is 2.27. The third-order valence-corrected chi connectivity index (χ3v) is 4.73. The van der Waals surface area contributed by atoms with Crippen molar-refractivity contribution in [1.82, 2.24) is 10.2 Å². The molecule has 0 radical (unpaired) electrons. The molecule has 0 unspecified atom stereocenters. The molecule has 1 saturated heterocycles. The molecule has 1 fully saturated rings. The lowest BCUT2D eigenvalue weighted by molar-refractivity contribution is -0.120. The molecular formula is C20H32N2O3. The van der Waals surface area contributed by atoms with Crippen molar-refractivity contribution >= 4 is 5.91 Å². The maximum Gasteiger partial charge on any atom is 0.224 e. The van der Waals surface area contributed by atoms with Crippen LogP contribution in [-0.4, -0.2) is 51.2 Å². The molecule has 0 bridgehead atoms. The van der Waals surface area contributed by atoms with E-state index in [0.717, 1.165) is 36.9 Å². The summed E-state index contributed by atoms with van der Waals surface area (Å²) in [5.74, 6) is 2.94. The third-order valence-electron chi connectivity index (χ3n) is 4.73. The number of benzene rings is 1. The first-order valence-electron chi connectivity index (χ1n) is 9.21. The third kappa shape index (κ3) is 6.24. The van der Waals surface area contributed by atoms with Gasteiger partial charge in [0.05, 0.1) is 20.6 Å². The number of methoxy groups -OCH3 is 2. The molecule has 2 rings (SSSR count). The second kappa shape index (κ2) is 9.66. The molecule has 0 saturated carbocycles. The molecule has 25 heavy (non-hydrogen) atoms. The van der Waals surface area contributed by atoms with Gasteiger partial charge in [-0.3, -0.25) is 4.79 Å². The van der Waals surface area contributed by atoms with Gasteiger partial charge in [0.15, 0.2) is 11.5 Å². The Morgan fingerprint density at radius 1 is 1.16 bits per heavy atom. The molecule has 1 aromatic carbocycles. The van der Waals surface area contributed by atoms with Crippen LogP contribution in [0, 0.1) is 11.8 Å². The van der Waals surface area contributed by atoms with E-state index in [-0.39, 0.29) is 5.91 Å². The molecule has 2 atom stereocenters. The van der Waals surface area contributed by atoms with Gasteiger partial charge in [-0.15, -0.1) is 0 Å². The van der Waals surface area contributed by atoms with Crippen LogP contribution in [0.5, 0.6) is 11.5 Å². The van der Waals surface area contributed by atoms with Gasteiger partial charge in [0.25, 0.3) is 0 Å². The SMILES string of the molecule is COc1ccc(CC(=O)NCCCN2C[C@@H](C)C[C@H](C)C2)cc1OC. The lowest BCUT2D eigenvalue weighted by atomic mass is 9.92. The average molecular weight is 348 g/mol. The molecule has 140 valence electrons. The van der Waals surface area contributed by atoms with Crippen LogP contribution in [0.1, 0.15) is 32.3 Å². The minimum Gasteiger partial charge on any atom is -0.493 e. The highest BCUT2D eigenvalue weighted by molar-refractivity contribution is 5.78. The molecule has 0 spiro atoms. The maximum atomic E-state index is 12.1. The first-order valence-corrected chi connectivity index (χ1v) is 9.21. The lowest BCUT2D eigenvalue weighted by Gasteiger charge is -2.34. The minimum atomic E-state index is 0.0487. The zero-order valence-corrected chi connectivity index (χ0v) is 16.0. The molecule has 1 aromatic rings. The fraction of sp³-hybridized carbons (Fsp3) is 0.650. The number of rotatable bonds is 8. The van der Waals surface area contributed by atoms with E-state index >= 15 is 0 Å². The Morgan fingerprint density at radius 2 is 1.84 bits per heavy atom. The highest BCUT2D eigenvalue weighted by Gasteiger charge is 2.21. The molecule has 0 aliphatic carbocycles. The van der Waals surface area contributed by atoms with E-state index in [0.29, 0.717) is 17.9 Å². The summed E-state index contributed by atoms with van der Waals surface area (Å²) in [6.07, 6.45) is 2.69. The van der Waals surface area contributed by atoms with Crippen molar-refractivity contribution in [3.05, 3.63) is 23.8 Å². The van der Waals surface area contributed by atoms with Gasteiger partial charge in [0.1, 0.15) is 0 Å². The second-order valence-electron chi connectivity index (χ2n) is 7.28. The first-order chi connectivity index (χ1) is 12.0. The van der Waals surface area contributed by atoms with E-state index in [2.05, 4.69) is 24.1 Å². The average Bonchev–Trinajstić information content (AvgIpc) is 2.57. The molecule has 1 heterocycles. The van der Waals surface area contributed by atoms with E-state index in [1.54, 1.807) is 14.2 Å². The Labute approximate surface area is 151 Å². The summed E-state index contributed by atoms with van der Waals surface area (Å²) >= 11 is 0. The number of hydrogen-bond donors (Lipinski definition) is 1. The van der Waals surface area contributed by atoms with Crippen LogP contribution >= 0.6 is 0 Å². The van der Waals surface area contributed by atoms with Gasteiger partial charge in [-0.1, -0.05) is 19.9 Å². The van der Waals surface area contributed by atoms with Crippen molar-refractivity contribution in [1.29, 1.82) is 0 Å². The van der Waals surface area contributed by atoms with Crippen molar-refractivity contribution in [3.63, 3.8) is 0 Å². The number of nitrogens with zero attached hydrogens (tertiary/aromatic N) is 1. The van der Waals surface area contributed by atoms with Gasteiger partial charge in [-0.25, -0.2) is 0 Å². The Hall–Kier alpha value is -1.75.